The normalized spacial score (nSPS) is 10.6. The van der Waals surface area contributed by atoms with Gasteiger partial charge in [0.15, 0.2) is 0 Å². The quantitative estimate of drug-likeness (QED) is 0.833. The lowest BCUT2D eigenvalue weighted by atomic mass is 10.1. The van der Waals surface area contributed by atoms with Crippen LogP contribution in [0.15, 0.2) is 31.0 Å². The molecule has 2 aromatic heterocycles. The van der Waals surface area contributed by atoms with Crippen molar-refractivity contribution in [1.29, 1.82) is 0 Å². The molecule has 2 N–H and O–H groups in total. The Labute approximate surface area is 95.1 Å². The van der Waals surface area contributed by atoms with Crippen molar-refractivity contribution in [2.45, 2.75) is 19.9 Å². The number of aromatic nitrogens is 3. The molecule has 0 saturated carbocycles. The number of aryl methyl sites for hydroxylation is 1. The molecule has 0 radical (unpaired) electrons. The molecule has 0 aliphatic heterocycles. The summed E-state index contributed by atoms with van der Waals surface area (Å²) in [7, 11) is 0. The molecule has 0 aromatic carbocycles. The summed E-state index contributed by atoms with van der Waals surface area (Å²) in [4.78, 5) is 8.25. The van der Waals surface area contributed by atoms with Crippen LogP contribution in [-0.2, 0) is 13.0 Å². The Morgan fingerprint density at radius 2 is 2.19 bits per heavy atom. The predicted molar refractivity (Wildman–Crippen MR) is 63.1 cm³/mol. The Balaban J connectivity index is 2.20. The van der Waals surface area contributed by atoms with Crippen LogP contribution in [0.2, 0.25) is 0 Å². The SMILES string of the molecule is Cc1cnccc1Cn1cncc1CCN. The number of pyridine rings is 1. The van der Waals surface area contributed by atoms with Crippen molar-refractivity contribution < 1.29 is 0 Å². The minimum Gasteiger partial charge on any atom is -0.330 e. The molecule has 0 atom stereocenters. The number of rotatable bonds is 4. The Hall–Kier alpha value is -1.68. The third-order valence-corrected chi connectivity index (χ3v) is 2.68. The molecule has 0 unspecified atom stereocenters. The molecule has 2 rings (SSSR count). The van der Waals surface area contributed by atoms with E-state index in [1.54, 1.807) is 0 Å². The molecule has 0 fully saturated rings. The lowest BCUT2D eigenvalue weighted by molar-refractivity contribution is 0.729. The molecule has 0 spiro atoms. The molecule has 16 heavy (non-hydrogen) atoms. The van der Waals surface area contributed by atoms with E-state index in [1.807, 2.05) is 31.0 Å². The van der Waals surface area contributed by atoms with Gasteiger partial charge in [-0.1, -0.05) is 0 Å². The lowest BCUT2D eigenvalue weighted by Gasteiger charge is -2.09. The summed E-state index contributed by atoms with van der Waals surface area (Å²) in [5.41, 5.74) is 9.21. The van der Waals surface area contributed by atoms with Crippen LogP contribution in [0.4, 0.5) is 0 Å². The van der Waals surface area contributed by atoms with E-state index >= 15 is 0 Å². The fourth-order valence-electron chi connectivity index (χ4n) is 1.71. The van der Waals surface area contributed by atoms with Crippen LogP contribution in [0.1, 0.15) is 16.8 Å². The average Bonchev–Trinajstić information content (AvgIpc) is 2.70. The highest BCUT2D eigenvalue weighted by atomic mass is 15.0. The molecule has 84 valence electrons. The molecule has 2 heterocycles. The van der Waals surface area contributed by atoms with Gasteiger partial charge >= 0.3 is 0 Å². The van der Waals surface area contributed by atoms with Crippen molar-refractivity contribution in [3.05, 3.63) is 47.8 Å². The fourth-order valence-corrected chi connectivity index (χ4v) is 1.71. The molecule has 0 bridgehead atoms. The van der Waals surface area contributed by atoms with Gasteiger partial charge < -0.3 is 10.3 Å². The maximum atomic E-state index is 5.56. The standard InChI is InChI=1S/C12H16N4/c1-10-6-14-5-3-11(10)8-16-9-15-7-12(16)2-4-13/h3,5-7,9H,2,4,8,13H2,1H3. The van der Waals surface area contributed by atoms with Crippen molar-refractivity contribution in [3.8, 4) is 0 Å². The van der Waals surface area contributed by atoms with Crippen LogP contribution < -0.4 is 5.73 Å². The van der Waals surface area contributed by atoms with Gasteiger partial charge in [0, 0.05) is 37.3 Å². The summed E-state index contributed by atoms with van der Waals surface area (Å²) in [6.07, 6.45) is 8.30. The van der Waals surface area contributed by atoms with Gasteiger partial charge in [0.05, 0.1) is 6.33 Å². The molecule has 0 saturated heterocycles. The summed E-state index contributed by atoms with van der Waals surface area (Å²) < 4.78 is 2.13. The smallest absolute Gasteiger partial charge is 0.0951 e. The van der Waals surface area contributed by atoms with Crippen molar-refractivity contribution in [3.63, 3.8) is 0 Å². The van der Waals surface area contributed by atoms with Gasteiger partial charge in [0.2, 0.25) is 0 Å². The second kappa shape index (κ2) is 4.90. The minimum atomic E-state index is 0.654. The maximum Gasteiger partial charge on any atom is 0.0951 e. The Morgan fingerprint density at radius 1 is 1.31 bits per heavy atom. The van der Waals surface area contributed by atoms with Gasteiger partial charge in [-0.3, -0.25) is 4.98 Å². The van der Waals surface area contributed by atoms with E-state index in [-0.39, 0.29) is 0 Å². The molecule has 4 nitrogen and oxygen atoms in total. The van der Waals surface area contributed by atoms with E-state index in [2.05, 4.69) is 21.5 Å². The maximum absolute atomic E-state index is 5.56. The lowest BCUT2D eigenvalue weighted by Crippen LogP contribution is -2.09. The van der Waals surface area contributed by atoms with Gasteiger partial charge in [0.1, 0.15) is 0 Å². The van der Waals surface area contributed by atoms with Crippen LogP contribution in [0, 0.1) is 6.92 Å². The highest BCUT2D eigenvalue weighted by Crippen LogP contribution is 2.09. The second-order valence-electron chi connectivity index (χ2n) is 3.85. The second-order valence-corrected chi connectivity index (χ2v) is 3.85. The third-order valence-electron chi connectivity index (χ3n) is 2.68. The Kier molecular flexibility index (Phi) is 3.31. The van der Waals surface area contributed by atoms with Gasteiger partial charge in [-0.25, -0.2) is 4.98 Å². The van der Waals surface area contributed by atoms with Gasteiger partial charge in [-0.2, -0.15) is 0 Å². The first-order chi connectivity index (χ1) is 7.81. The van der Waals surface area contributed by atoms with Crippen LogP contribution in [0.25, 0.3) is 0 Å². The van der Waals surface area contributed by atoms with E-state index in [9.17, 15) is 0 Å². The molecule has 0 aliphatic carbocycles. The van der Waals surface area contributed by atoms with Gasteiger partial charge in [-0.05, 0) is 30.7 Å². The Bertz CT molecular complexity index is 462. The fraction of sp³-hybridized carbons (Fsp3) is 0.333. The number of nitrogens with zero attached hydrogens (tertiary/aromatic N) is 3. The van der Waals surface area contributed by atoms with Crippen LogP contribution in [-0.4, -0.2) is 21.1 Å². The topological polar surface area (TPSA) is 56.7 Å². The van der Waals surface area contributed by atoms with Gasteiger partial charge in [-0.15, -0.1) is 0 Å². The third kappa shape index (κ3) is 2.28. The summed E-state index contributed by atoms with van der Waals surface area (Å²) in [5, 5.41) is 0. The first-order valence-corrected chi connectivity index (χ1v) is 5.40. The molecule has 2 aromatic rings. The number of imidazole rings is 1. The van der Waals surface area contributed by atoms with Crippen molar-refractivity contribution in [2.75, 3.05) is 6.54 Å². The summed E-state index contributed by atoms with van der Waals surface area (Å²) in [6, 6.07) is 2.04. The summed E-state index contributed by atoms with van der Waals surface area (Å²) >= 11 is 0. The number of hydrogen-bond donors (Lipinski definition) is 1. The number of nitrogens with two attached hydrogens (primary N) is 1. The average molecular weight is 216 g/mol. The van der Waals surface area contributed by atoms with E-state index < -0.39 is 0 Å². The molecular formula is C12H16N4. The zero-order chi connectivity index (χ0) is 11.4. The molecule has 4 heteroatoms. The monoisotopic (exact) mass is 216 g/mol. The molecular weight excluding hydrogens is 200 g/mol. The van der Waals surface area contributed by atoms with E-state index in [0.29, 0.717) is 6.54 Å². The number of hydrogen-bond acceptors (Lipinski definition) is 3. The molecule has 0 amide bonds. The Morgan fingerprint density at radius 3 is 2.94 bits per heavy atom. The van der Waals surface area contributed by atoms with E-state index in [1.165, 1.54) is 16.8 Å². The first kappa shape index (κ1) is 10.8. The van der Waals surface area contributed by atoms with Crippen molar-refractivity contribution in [1.82, 2.24) is 14.5 Å². The molecule has 0 aliphatic rings. The summed E-state index contributed by atoms with van der Waals surface area (Å²) in [5.74, 6) is 0. The minimum absolute atomic E-state index is 0.654. The largest absolute Gasteiger partial charge is 0.330 e. The van der Waals surface area contributed by atoms with E-state index in [0.717, 1.165) is 13.0 Å². The predicted octanol–water partition coefficient (Wildman–Crippen LogP) is 1.14. The first-order valence-electron chi connectivity index (χ1n) is 5.40. The zero-order valence-corrected chi connectivity index (χ0v) is 9.43. The highest BCUT2D eigenvalue weighted by molar-refractivity contribution is 5.22. The summed E-state index contributed by atoms with van der Waals surface area (Å²) in [6.45, 7) is 3.56. The van der Waals surface area contributed by atoms with Crippen molar-refractivity contribution in [2.24, 2.45) is 5.73 Å². The highest BCUT2D eigenvalue weighted by Gasteiger charge is 2.03. The van der Waals surface area contributed by atoms with Crippen LogP contribution in [0.5, 0.6) is 0 Å². The van der Waals surface area contributed by atoms with E-state index in [4.69, 9.17) is 5.73 Å². The van der Waals surface area contributed by atoms with Crippen LogP contribution >= 0.6 is 0 Å². The van der Waals surface area contributed by atoms with Gasteiger partial charge in [0.25, 0.3) is 0 Å². The zero-order valence-electron chi connectivity index (χ0n) is 9.43. The van der Waals surface area contributed by atoms with Crippen molar-refractivity contribution >= 4 is 0 Å². The van der Waals surface area contributed by atoms with Crippen LogP contribution in [0.3, 0.4) is 0 Å².